The normalized spacial score (nSPS) is 20.3. The Morgan fingerprint density at radius 3 is 2.66 bits per heavy atom. The number of anilines is 2. The third-order valence-electron chi connectivity index (χ3n) is 7.20. The Labute approximate surface area is 215 Å². The van der Waals surface area contributed by atoms with Gasteiger partial charge in [-0.2, -0.15) is 4.98 Å². The summed E-state index contributed by atoms with van der Waals surface area (Å²) in [5, 5.41) is 10.3. The van der Waals surface area contributed by atoms with E-state index in [0.29, 0.717) is 59.3 Å². The Balaban J connectivity index is 1.31. The van der Waals surface area contributed by atoms with E-state index >= 15 is 8.78 Å². The summed E-state index contributed by atoms with van der Waals surface area (Å²) < 4.78 is 64.4. The Hall–Kier alpha value is -3.52. The number of piperidine rings is 1. The van der Waals surface area contributed by atoms with Gasteiger partial charge >= 0.3 is 0 Å². The summed E-state index contributed by atoms with van der Waals surface area (Å²) in [5.41, 5.74) is 2.63. The smallest absolute Gasteiger partial charge is 0.280 e. The van der Waals surface area contributed by atoms with Gasteiger partial charge in [0.15, 0.2) is 11.5 Å². The first-order valence-corrected chi connectivity index (χ1v) is 12.4. The maximum Gasteiger partial charge on any atom is 0.280 e. The van der Waals surface area contributed by atoms with E-state index in [-0.39, 0.29) is 25.0 Å². The number of nitrogens with one attached hydrogen (secondary N) is 2. The number of halogens is 4. The van der Waals surface area contributed by atoms with Crippen molar-refractivity contribution in [3.63, 3.8) is 0 Å². The predicted octanol–water partition coefficient (Wildman–Crippen LogP) is 3.28. The van der Waals surface area contributed by atoms with Crippen LogP contribution in [0.2, 0.25) is 0 Å². The minimum absolute atomic E-state index is 0.0503. The first kappa shape index (κ1) is 24.8. The summed E-state index contributed by atoms with van der Waals surface area (Å²) in [6.45, 7) is 2.33. The number of likely N-dealkylation sites (tertiary alicyclic amines) is 1. The van der Waals surface area contributed by atoms with Crippen LogP contribution in [0.1, 0.15) is 12.2 Å². The molecule has 202 valence electrons. The second kappa shape index (κ2) is 9.34. The maximum atomic E-state index is 15.0. The van der Waals surface area contributed by atoms with Crippen molar-refractivity contribution in [1.29, 1.82) is 0 Å². The molecule has 6 heterocycles. The van der Waals surface area contributed by atoms with E-state index in [1.165, 1.54) is 4.57 Å². The highest BCUT2D eigenvalue weighted by molar-refractivity contribution is 5.89. The zero-order valence-electron chi connectivity index (χ0n) is 20.8. The Kier molecular flexibility index (Phi) is 6.10. The predicted molar refractivity (Wildman–Crippen MR) is 133 cm³/mol. The van der Waals surface area contributed by atoms with E-state index in [4.69, 9.17) is 4.74 Å². The Morgan fingerprint density at radius 2 is 1.97 bits per heavy atom. The number of hydrogen-bond acceptors (Lipinski definition) is 8. The van der Waals surface area contributed by atoms with E-state index < -0.39 is 24.9 Å². The number of hydrogen-bond donors (Lipinski definition) is 2. The van der Waals surface area contributed by atoms with Gasteiger partial charge in [-0.1, -0.05) is 0 Å². The summed E-state index contributed by atoms with van der Waals surface area (Å²) in [7, 11) is 1.67. The molecule has 0 amide bonds. The van der Waals surface area contributed by atoms with E-state index in [1.807, 2.05) is 0 Å². The summed E-state index contributed by atoms with van der Waals surface area (Å²) >= 11 is 0. The molecule has 4 aromatic rings. The van der Waals surface area contributed by atoms with Crippen LogP contribution in [0, 0.1) is 6.92 Å². The first-order chi connectivity index (χ1) is 18.2. The topological polar surface area (TPSA) is 97.4 Å². The summed E-state index contributed by atoms with van der Waals surface area (Å²) in [6.07, 6.45) is -0.621. The number of ether oxygens (including phenoxy) is 1. The van der Waals surface area contributed by atoms with Gasteiger partial charge in [0.2, 0.25) is 5.95 Å². The van der Waals surface area contributed by atoms with Gasteiger partial charge in [0, 0.05) is 25.4 Å². The monoisotopic (exact) mass is 533 g/mol. The highest BCUT2D eigenvalue weighted by atomic mass is 19.3. The average Bonchev–Trinajstić information content (AvgIpc) is 3.39. The largest absolute Gasteiger partial charge is 0.378 e. The number of imidazole rings is 1. The number of aromatic nitrogens is 6. The molecule has 10 nitrogen and oxygen atoms in total. The van der Waals surface area contributed by atoms with E-state index in [2.05, 4.69) is 30.7 Å². The molecule has 1 atom stereocenters. The molecule has 0 aliphatic carbocycles. The Bertz CT molecular complexity index is 1480. The van der Waals surface area contributed by atoms with Gasteiger partial charge in [0.05, 0.1) is 44.1 Å². The molecule has 0 radical (unpaired) electrons. The molecule has 0 unspecified atom stereocenters. The molecule has 2 aliphatic rings. The lowest BCUT2D eigenvalue weighted by atomic mass is 9.98. The molecule has 4 aromatic heterocycles. The molecule has 2 saturated heterocycles. The van der Waals surface area contributed by atoms with Crippen LogP contribution < -0.4 is 10.6 Å². The fourth-order valence-corrected chi connectivity index (χ4v) is 5.13. The van der Waals surface area contributed by atoms with Gasteiger partial charge in [-0.3, -0.25) is 4.90 Å². The van der Waals surface area contributed by atoms with Crippen LogP contribution in [0.3, 0.4) is 0 Å². The van der Waals surface area contributed by atoms with Crippen molar-refractivity contribution in [2.24, 2.45) is 0 Å². The minimum atomic E-state index is -2.97. The van der Waals surface area contributed by atoms with Crippen LogP contribution >= 0.6 is 0 Å². The molecule has 2 fully saturated rings. The van der Waals surface area contributed by atoms with Crippen LogP contribution in [0.5, 0.6) is 0 Å². The molecule has 0 aromatic carbocycles. The molecule has 6 rings (SSSR count). The van der Waals surface area contributed by atoms with Crippen molar-refractivity contribution in [2.45, 2.75) is 44.3 Å². The van der Waals surface area contributed by atoms with E-state index in [1.54, 1.807) is 47.8 Å². The third kappa shape index (κ3) is 4.30. The molecular formula is C24H27F4N9O. The van der Waals surface area contributed by atoms with Gasteiger partial charge in [-0.25, -0.2) is 32.0 Å². The van der Waals surface area contributed by atoms with Gasteiger partial charge in [0.1, 0.15) is 16.9 Å². The second-order valence-corrected chi connectivity index (χ2v) is 9.66. The highest BCUT2D eigenvalue weighted by Crippen LogP contribution is 2.34. The number of rotatable bonds is 7. The van der Waals surface area contributed by atoms with Gasteiger partial charge < -0.3 is 19.9 Å². The first-order valence-electron chi connectivity index (χ1n) is 12.4. The number of pyridine rings is 1. The molecule has 2 N–H and O–H groups in total. The van der Waals surface area contributed by atoms with Crippen LogP contribution in [0.15, 0.2) is 24.4 Å². The maximum absolute atomic E-state index is 15.0. The van der Waals surface area contributed by atoms with Crippen molar-refractivity contribution in [2.75, 3.05) is 44.0 Å². The standard InChI is InChI=1S/C24H27F4N9O/c1-13-30-17-4-3-16(31-22(17)36(13)9-19(25)26)15-5-8-37-20(15)21(29-2)33-23(34-37)32-18-6-7-35(12-24(18,27)28)14-10-38-11-14/h3-5,8,14,18-19H,6-7,9-12H2,1-2H3,(H2,29,32,33,34)/t18-/m0/s1. The number of alkyl halides is 4. The van der Waals surface area contributed by atoms with Crippen molar-refractivity contribution in [3.05, 3.63) is 30.2 Å². The third-order valence-corrected chi connectivity index (χ3v) is 7.20. The molecule has 14 heteroatoms. The summed E-state index contributed by atoms with van der Waals surface area (Å²) in [5.74, 6) is -2.03. The van der Waals surface area contributed by atoms with Crippen molar-refractivity contribution in [1.82, 2.24) is 34.0 Å². The SMILES string of the molecule is CNc1nc(N[C@H]2CCN(C3COC3)CC2(F)F)nn2ccc(-c3ccc4nc(C)n(CC(F)F)c4n3)c12. The van der Waals surface area contributed by atoms with Crippen molar-refractivity contribution < 1.29 is 22.3 Å². The minimum Gasteiger partial charge on any atom is -0.378 e. The lowest BCUT2D eigenvalue weighted by molar-refractivity contribution is -0.131. The van der Waals surface area contributed by atoms with Crippen LogP contribution in [-0.4, -0.2) is 91.8 Å². The molecular weight excluding hydrogens is 506 g/mol. The lowest BCUT2D eigenvalue weighted by Crippen LogP contribution is -2.61. The van der Waals surface area contributed by atoms with Gasteiger partial charge in [0.25, 0.3) is 12.3 Å². The van der Waals surface area contributed by atoms with Crippen LogP contribution in [0.25, 0.3) is 27.9 Å². The summed E-state index contributed by atoms with van der Waals surface area (Å²) in [6, 6.07) is 4.20. The van der Waals surface area contributed by atoms with Crippen LogP contribution in [0.4, 0.5) is 29.3 Å². The molecule has 38 heavy (non-hydrogen) atoms. The van der Waals surface area contributed by atoms with Crippen molar-refractivity contribution in [3.8, 4) is 11.3 Å². The average molecular weight is 534 g/mol. The molecule has 2 aliphatic heterocycles. The number of fused-ring (bicyclic) bond motifs is 2. The quantitative estimate of drug-likeness (QED) is 0.350. The van der Waals surface area contributed by atoms with Gasteiger partial charge in [-0.05, 0) is 31.5 Å². The number of nitrogens with zero attached hydrogens (tertiary/aromatic N) is 7. The van der Waals surface area contributed by atoms with Crippen LogP contribution in [-0.2, 0) is 11.3 Å². The highest BCUT2D eigenvalue weighted by Gasteiger charge is 2.47. The van der Waals surface area contributed by atoms with E-state index in [9.17, 15) is 8.78 Å². The fraction of sp³-hybridized carbons (Fsp3) is 0.500. The Morgan fingerprint density at radius 1 is 1.16 bits per heavy atom. The fourth-order valence-electron chi connectivity index (χ4n) is 5.13. The van der Waals surface area contributed by atoms with Gasteiger partial charge in [-0.15, -0.1) is 5.10 Å². The van der Waals surface area contributed by atoms with Crippen molar-refractivity contribution >= 4 is 28.4 Å². The molecule has 0 saturated carbocycles. The number of aryl methyl sites for hydroxylation is 1. The lowest BCUT2D eigenvalue weighted by Gasteiger charge is -2.44. The molecule has 0 spiro atoms. The zero-order valence-corrected chi connectivity index (χ0v) is 20.8. The summed E-state index contributed by atoms with van der Waals surface area (Å²) in [4.78, 5) is 15.2. The zero-order chi connectivity index (χ0) is 26.6. The second-order valence-electron chi connectivity index (χ2n) is 9.66. The molecule has 0 bridgehead atoms. The van der Waals surface area contributed by atoms with E-state index in [0.717, 1.165) is 0 Å².